The minimum Gasteiger partial charge on any atom is -0.394 e. The van der Waals surface area contributed by atoms with Crippen LogP contribution in [0.2, 0.25) is 0 Å². The van der Waals surface area contributed by atoms with Crippen LogP contribution in [0.25, 0.3) is 5.70 Å². The van der Waals surface area contributed by atoms with Gasteiger partial charge in [-0.3, -0.25) is 14.8 Å². The number of aliphatic hydroxyl groups excluding tert-OH is 1. The third kappa shape index (κ3) is 3.03. The molecule has 0 saturated carbocycles. The average molecular weight is 323 g/mol. The number of amides is 1. The molecule has 0 saturated heterocycles. The lowest BCUT2D eigenvalue weighted by molar-refractivity contribution is -0.121. The normalized spacial score (nSPS) is 16.1. The quantitative estimate of drug-likeness (QED) is 0.940. The molecule has 1 amide bonds. The molecule has 2 aromatic rings. The summed E-state index contributed by atoms with van der Waals surface area (Å²) in [5, 5.41) is 13.2. The van der Waals surface area contributed by atoms with Crippen LogP contribution in [0, 0.1) is 6.92 Å². The summed E-state index contributed by atoms with van der Waals surface area (Å²) in [7, 11) is 0. The number of carbonyl (C=O) groups excluding carboxylic acids is 1. The van der Waals surface area contributed by atoms with Crippen molar-refractivity contribution in [3.63, 3.8) is 0 Å². The molecule has 1 aliphatic heterocycles. The fraction of sp³-hybridized carbons (Fsp3) is 0.263. The van der Waals surface area contributed by atoms with Crippen molar-refractivity contribution < 1.29 is 9.90 Å². The van der Waals surface area contributed by atoms with Crippen molar-refractivity contribution in [1.82, 2.24) is 9.99 Å². The highest BCUT2D eigenvalue weighted by Gasteiger charge is 2.32. The molecule has 5 nitrogen and oxygen atoms in total. The fourth-order valence-corrected chi connectivity index (χ4v) is 2.83. The molecule has 1 aromatic heterocycles. The Morgan fingerprint density at radius 1 is 1.25 bits per heavy atom. The third-order valence-electron chi connectivity index (χ3n) is 4.09. The van der Waals surface area contributed by atoms with E-state index in [0.29, 0.717) is 12.1 Å². The molecule has 0 aliphatic carbocycles. The monoisotopic (exact) mass is 323 g/mol. The molecular formula is C19H21N3O2. The van der Waals surface area contributed by atoms with E-state index >= 15 is 0 Å². The van der Waals surface area contributed by atoms with Crippen LogP contribution in [0.3, 0.4) is 0 Å². The van der Waals surface area contributed by atoms with Gasteiger partial charge >= 0.3 is 0 Å². The number of aryl methyl sites for hydroxylation is 1. The Morgan fingerprint density at radius 2 is 2.00 bits per heavy atom. The number of aliphatic hydroxyl groups is 1. The summed E-state index contributed by atoms with van der Waals surface area (Å²) in [5.74, 6) is -0.0424. The Morgan fingerprint density at radius 3 is 2.62 bits per heavy atom. The van der Waals surface area contributed by atoms with Gasteiger partial charge in [0.2, 0.25) is 5.91 Å². The Balaban J connectivity index is 2.08. The molecular weight excluding hydrogens is 302 g/mol. The number of anilines is 1. The van der Waals surface area contributed by atoms with E-state index in [-0.39, 0.29) is 18.6 Å². The van der Waals surface area contributed by atoms with E-state index in [1.165, 1.54) is 5.56 Å². The number of rotatable bonds is 4. The number of nitrogens with zero attached hydrogens (tertiary/aromatic N) is 3. The largest absolute Gasteiger partial charge is 0.394 e. The van der Waals surface area contributed by atoms with Gasteiger partial charge in [0, 0.05) is 12.6 Å². The maximum atomic E-state index is 12.6. The van der Waals surface area contributed by atoms with E-state index in [2.05, 4.69) is 4.98 Å². The maximum absolute atomic E-state index is 12.6. The van der Waals surface area contributed by atoms with E-state index in [9.17, 15) is 9.90 Å². The van der Waals surface area contributed by atoms with Gasteiger partial charge in [-0.2, -0.15) is 0 Å². The van der Waals surface area contributed by atoms with Crippen molar-refractivity contribution in [2.75, 3.05) is 11.6 Å². The summed E-state index contributed by atoms with van der Waals surface area (Å²) in [6.45, 7) is 3.87. The van der Waals surface area contributed by atoms with Crippen molar-refractivity contribution in [1.29, 1.82) is 0 Å². The summed E-state index contributed by atoms with van der Waals surface area (Å²) in [6, 6.07) is 11.6. The molecule has 124 valence electrons. The number of benzene rings is 1. The van der Waals surface area contributed by atoms with Crippen LogP contribution in [-0.2, 0) is 4.79 Å². The van der Waals surface area contributed by atoms with Crippen molar-refractivity contribution in [2.24, 2.45) is 0 Å². The zero-order valence-electron chi connectivity index (χ0n) is 13.9. The van der Waals surface area contributed by atoms with Crippen LogP contribution < -0.4 is 5.01 Å². The first-order valence-corrected chi connectivity index (χ1v) is 8.02. The van der Waals surface area contributed by atoms with Gasteiger partial charge < -0.3 is 5.11 Å². The lowest BCUT2D eigenvalue weighted by atomic mass is 10.1. The molecule has 0 unspecified atom stereocenters. The summed E-state index contributed by atoms with van der Waals surface area (Å²) in [6.07, 6.45) is 5.57. The summed E-state index contributed by atoms with van der Waals surface area (Å²) in [5.41, 5.74) is 3.81. The SMILES string of the molecule is Cc1ccc(C2=CCC(=O)N(c3cccnc3)N2[C@@H](C)CO)cc1. The van der Waals surface area contributed by atoms with Gasteiger partial charge in [-0.25, -0.2) is 5.01 Å². The van der Waals surface area contributed by atoms with E-state index in [0.717, 1.165) is 11.3 Å². The lowest BCUT2D eigenvalue weighted by Gasteiger charge is -2.43. The molecule has 0 radical (unpaired) electrons. The Labute approximate surface area is 141 Å². The van der Waals surface area contributed by atoms with Crippen molar-refractivity contribution >= 4 is 17.3 Å². The number of hydrogen-bond donors (Lipinski definition) is 1. The molecule has 3 rings (SSSR count). The van der Waals surface area contributed by atoms with Gasteiger partial charge in [0.25, 0.3) is 0 Å². The van der Waals surface area contributed by atoms with Gasteiger partial charge in [-0.1, -0.05) is 29.8 Å². The molecule has 2 heterocycles. The molecule has 0 fully saturated rings. The van der Waals surface area contributed by atoms with E-state index in [1.807, 2.05) is 55.3 Å². The molecule has 1 aromatic carbocycles. The Kier molecular flexibility index (Phi) is 4.62. The first-order chi connectivity index (χ1) is 11.6. The smallest absolute Gasteiger partial charge is 0.249 e. The van der Waals surface area contributed by atoms with Gasteiger partial charge in [-0.15, -0.1) is 0 Å². The van der Waals surface area contributed by atoms with Crippen LogP contribution >= 0.6 is 0 Å². The highest BCUT2D eigenvalue weighted by molar-refractivity contribution is 5.97. The molecule has 0 spiro atoms. The minimum atomic E-state index is -0.248. The first-order valence-electron chi connectivity index (χ1n) is 8.02. The number of aromatic nitrogens is 1. The second-order valence-corrected chi connectivity index (χ2v) is 5.95. The highest BCUT2D eigenvalue weighted by atomic mass is 16.3. The summed E-state index contributed by atoms with van der Waals surface area (Å²) < 4.78 is 0. The second-order valence-electron chi connectivity index (χ2n) is 5.95. The highest BCUT2D eigenvalue weighted by Crippen LogP contribution is 2.32. The van der Waals surface area contributed by atoms with Crippen molar-refractivity contribution in [3.8, 4) is 0 Å². The van der Waals surface area contributed by atoms with Crippen LogP contribution in [0.15, 0.2) is 54.9 Å². The van der Waals surface area contributed by atoms with E-state index < -0.39 is 0 Å². The molecule has 1 N–H and O–H groups in total. The summed E-state index contributed by atoms with van der Waals surface area (Å²) in [4.78, 5) is 16.7. The van der Waals surface area contributed by atoms with Gasteiger partial charge in [0.1, 0.15) is 0 Å². The van der Waals surface area contributed by atoms with Gasteiger partial charge in [0.05, 0.1) is 30.2 Å². The predicted molar refractivity (Wildman–Crippen MR) is 93.9 cm³/mol. The summed E-state index contributed by atoms with van der Waals surface area (Å²) >= 11 is 0. The molecule has 1 atom stereocenters. The van der Waals surface area contributed by atoms with Crippen LogP contribution in [0.5, 0.6) is 0 Å². The average Bonchev–Trinajstić information content (AvgIpc) is 2.62. The Hall–Kier alpha value is -2.66. The predicted octanol–water partition coefficient (Wildman–Crippen LogP) is 2.77. The first kappa shape index (κ1) is 16.2. The fourth-order valence-electron chi connectivity index (χ4n) is 2.83. The minimum absolute atomic E-state index is 0.0424. The van der Waals surface area contributed by atoms with Gasteiger partial charge in [-0.05, 0) is 37.6 Å². The van der Waals surface area contributed by atoms with Crippen molar-refractivity contribution in [3.05, 3.63) is 66.0 Å². The number of pyridine rings is 1. The molecule has 1 aliphatic rings. The Bertz CT molecular complexity index is 741. The topological polar surface area (TPSA) is 56.7 Å². The molecule has 24 heavy (non-hydrogen) atoms. The molecule has 0 bridgehead atoms. The van der Waals surface area contributed by atoms with E-state index in [4.69, 9.17) is 0 Å². The van der Waals surface area contributed by atoms with Crippen LogP contribution in [0.4, 0.5) is 5.69 Å². The van der Waals surface area contributed by atoms with Crippen LogP contribution in [-0.4, -0.2) is 33.7 Å². The third-order valence-corrected chi connectivity index (χ3v) is 4.09. The van der Waals surface area contributed by atoms with Gasteiger partial charge in [0.15, 0.2) is 0 Å². The van der Waals surface area contributed by atoms with Crippen LogP contribution in [0.1, 0.15) is 24.5 Å². The number of carbonyl (C=O) groups is 1. The van der Waals surface area contributed by atoms with Crippen molar-refractivity contribution in [2.45, 2.75) is 26.3 Å². The number of hydrogen-bond acceptors (Lipinski definition) is 4. The van der Waals surface area contributed by atoms with E-state index in [1.54, 1.807) is 23.5 Å². The lowest BCUT2D eigenvalue weighted by Crippen LogP contribution is -2.53. The second kappa shape index (κ2) is 6.84. The maximum Gasteiger partial charge on any atom is 0.249 e. The zero-order chi connectivity index (χ0) is 17.1. The zero-order valence-corrected chi connectivity index (χ0v) is 13.9. The number of hydrazine groups is 1. The molecule has 5 heteroatoms. The standard InChI is InChI=1S/C19H21N3O2/c1-14-5-7-16(8-6-14)18-9-10-19(24)22(21(18)15(2)13-23)17-4-3-11-20-12-17/h3-9,11-12,15,23H,10,13H2,1-2H3/t15-/m0/s1.